The van der Waals surface area contributed by atoms with E-state index < -0.39 is 0 Å². The first-order chi connectivity index (χ1) is 12.6. The van der Waals surface area contributed by atoms with Crippen molar-refractivity contribution in [3.05, 3.63) is 29.8 Å². The van der Waals surface area contributed by atoms with E-state index in [1.54, 1.807) is 0 Å². The van der Waals surface area contributed by atoms with Crippen LogP contribution < -0.4 is 10.1 Å². The minimum absolute atomic E-state index is 0.152. The van der Waals surface area contributed by atoms with Gasteiger partial charge in [-0.15, -0.1) is 0 Å². The summed E-state index contributed by atoms with van der Waals surface area (Å²) in [6, 6.07) is 8.68. The number of likely N-dealkylation sites (tertiary alicyclic amines) is 1. The van der Waals surface area contributed by atoms with Gasteiger partial charge < -0.3 is 10.1 Å². The number of amides is 1. The van der Waals surface area contributed by atoms with Gasteiger partial charge in [-0.2, -0.15) is 0 Å². The average molecular weight is 361 g/mol. The van der Waals surface area contributed by atoms with Gasteiger partial charge in [-0.25, -0.2) is 0 Å². The summed E-state index contributed by atoms with van der Waals surface area (Å²) in [6.45, 7) is 9.82. The Bertz CT molecular complexity index is 523. The Kier molecular flexibility index (Phi) is 8.96. The van der Waals surface area contributed by atoms with Crippen molar-refractivity contribution in [1.29, 1.82) is 0 Å². The molecule has 146 valence electrons. The van der Waals surface area contributed by atoms with Crippen LogP contribution in [0.2, 0.25) is 0 Å². The van der Waals surface area contributed by atoms with Crippen LogP contribution in [0.25, 0.3) is 0 Å². The second-order valence-electron chi connectivity index (χ2n) is 7.62. The van der Waals surface area contributed by atoms with E-state index in [2.05, 4.69) is 55.3 Å². The molecular weight excluding hydrogens is 324 g/mol. The minimum Gasteiger partial charge on any atom is -0.494 e. The van der Waals surface area contributed by atoms with Crippen molar-refractivity contribution in [3.8, 4) is 5.75 Å². The molecule has 0 aromatic heterocycles. The third kappa shape index (κ3) is 6.99. The van der Waals surface area contributed by atoms with E-state index in [1.807, 2.05) is 0 Å². The fourth-order valence-electron chi connectivity index (χ4n) is 3.17. The summed E-state index contributed by atoms with van der Waals surface area (Å²) >= 11 is 0. The van der Waals surface area contributed by atoms with Crippen LogP contribution in [0.15, 0.2) is 24.3 Å². The summed E-state index contributed by atoms with van der Waals surface area (Å²) in [4.78, 5) is 14.4. The molecule has 1 heterocycles. The van der Waals surface area contributed by atoms with E-state index >= 15 is 0 Å². The number of nitrogens with zero attached hydrogens (tertiary/aromatic N) is 1. The van der Waals surface area contributed by atoms with E-state index in [4.69, 9.17) is 4.74 Å². The second kappa shape index (κ2) is 11.2. The Labute approximate surface area is 159 Å². The van der Waals surface area contributed by atoms with Gasteiger partial charge in [0.2, 0.25) is 5.91 Å². The lowest BCUT2D eigenvalue weighted by atomic mass is 9.97. The van der Waals surface area contributed by atoms with Crippen molar-refractivity contribution in [2.75, 3.05) is 19.7 Å². The molecule has 0 bridgehead atoms. The standard InChI is InChI=1S/C22H36N2O2/c1-4-6-7-8-9-14-26-21-12-10-19(11-13-21)15-24-16-20(17-24)22(25)23-18(3)5-2/h10-13,18,20H,4-9,14-17H2,1-3H3,(H,23,25)/t18-/m1/s1. The van der Waals surface area contributed by atoms with E-state index in [0.717, 1.165) is 44.8 Å². The number of carbonyl (C=O) groups excluding carboxylic acids is 1. The van der Waals surface area contributed by atoms with Gasteiger partial charge in [0.15, 0.2) is 0 Å². The molecule has 1 aliphatic heterocycles. The van der Waals surface area contributed by atoms with Crippen molar-refractivity contribution >= 4 is 5.91 Å². The van der Waals surface area contributed by atoms with Crippen molar-refractivity contribution in [2.45, 2.75) is 71.9 Å². The molecular formula is C22H36N2O2. The molecule has 0 aliphatic carbocycles. The fourth-order valence-corrected chi connectivity index (χ4v) is 3.17. The quantitative estimate of drug-likeness (QED) is 0.562. The molecule has 1 N–H and O–H groups in total. The van der Waals surface area contributed by atoms with Crippen LogP contribution in [-0.4, -0.2) is 36.5 Å². The smallest absolute Gasteiger partial charge is 0.225 e. The molecule has 1 fully saturated rings. The number of unbranched alkanes of at least 4 members (excludes halogenated alkanes) is 4. The molecule has 1 aromatic carbocycles. The van der Waals surface area contributed by atoms with Crippen molar-refractivity contribution in [3.63, 3.8) is 0 Å². The summed E-state index contributed by atoms with van der Waals surface area (Å²) in [6.07, 6.45) is 7.29. The number of hydrogen-bond acceptors (Lipinski definition) is 3. The summed E-state index contributed by atoms with van der Waals surface area (Å²) in [5, 5.41) is 3.08. The van der Waals surface area contributed by atoms with Crippen molar-refractivity contribution in [1.82, 2.24) is 10.2 Å². The highest BCUT2D eigenvalue weighted by molar-refractivity contribution is 5.80. The second-order valence-corrected chi connectivity index (χ2v) is 7.62. The van der Waals surface area contributed by atoms with Crippen LogP contribution >= 0.6 is 0 Å². The van der Waals surface area contributed by atoms with E-state index in [0.29, 0.717) is 0 Å². The highest BCUT2D eigenvalue weighted by atomic mass is 16.5. The number of rotatable bonds is 12. The van der Waals surface area contributed by atoms with Crippen LogP contribution in [0.5, 0.6) is 5.75 Å². The van der Waals surface area contributed by atoms with Gasteiger partial charge in [0.25, 0.3) is 0 Å². The fraction of sp³-hybridized carbons (Fsp3) is 0.682. The van der Waals surface area contributed by atoms with Crippen LogP contribution in [0.4, 0.5) is 0 Å². The Hall–Kier alpha value is -1.55. The summed E-state index contributed by atoms with van der Waals surface area (Å²) in [5.74, 6) is 1.32. The third-order valence-corrected chi connectivity index (χ3v) is 5.18. The first kappa shape index (κ1) is 20.8. The average Bonchev–Trinajstić information content (AvgIpc) is 2.61. The zero-order valence-corrected chi connectivity index (χ0v) is 16.8. The van der Waals surface area contributed by atoms with E-state index in [9.17, 15) is 4.79 Å². The van der Waals surface area contributed by atoms with Crippen LogP contribution in [0, 0.1) is 5.92 Å². The molecule has 1 aromatic rings. The monoisotopic (exact) mass is 360 g/mol. The molecule has 0 unspecified atom stereocenters. The Morgan fingerprint density at radius 2 is 1.85 bits per heavy atom. The number of carbonyl (C=O) groups is 1. The molecule has 26 heavy (non-hydrogen) atoms. The van der Waals surface area contributed by atoms with E-state index in [-0.39, 0.29) is 17.9 Å². The van der Waals surface area contributed by atoms with Gasteiger partial charge in [-0.05, 0) is 37.5 Å². The van der Waals surface area contributed by atoms with Crippen molar-refractivity contribution < 1.29 is 9.53 Å². The maximum Gasteiger partial charge on any atom is 0.225 e. The molecule has 0 saturated carbocycles. The Morgan fingerprint density at radius 1 is 1.15 bits per heavy atom. The molecule has 1 aliphatic rings. The maximum absolute atomic E-state index is 12.1. The zero-order chi connectivity index (χ0) is 18.8. The van der Waals surface area contributed by atoms with Gasteiger partial charge >= 0.3 is 0 Å². The maximum atomic E-state index is 12.1. The van der Waals surface area contributed by atoms with Gasteiger partial charge in [-0.3, -0.25) is 9.69 Å². The predicted octanol–water partition coefficient (Wildman–Crippen LogP) is 4.38. The Balaban J connectivity index is 1.62. The van der Waals surface area contributed by atoms with Crippen LogP contribution in [0.3, 0.4) is 0 Å². The summed E-state index contributed by atoms with van der Waals surface area (Å²) in [7, 11) is 0. The highest BCUT2D eigenvalue weighted by Crippen LogP contribution is 2.21. The predicted molar refractivity (Wildman–Crippen MR) is 107 cm³/mol. The first-order valence-electron chi connectivity index (χ1n) is 10.4. The Morgan fingerprint density at radius 3 is 2.50 bits per heavy atom. The molecule has 1 amide bonds. The van der Waals surface area contributed by atoms with Crippen LogP contribution in [-0.2, 0) is 11.3 Å². The molecule has 4 nitrogen and oxygen atoms in total. The number of nitrogens with one attached hydrogen (secondary N) is 1. The topological polar surface area (TPSA) is 41.6 Å². The van der Waals surface area contributed by atoms with Crippen LogP contribution in [0.1, 0.15) is 64.9 Å². The largest absolute Gasteiger partial charge is 0.494 e. The van der Waals surface area contributed by atoms with Gasteiger partial charge in [0, 0.05) is 25.7 Å². The third-order valence-electron chi connectivity index (χ3n) is 5.18. The molecule has 1 saturated heterocycles. The number of benzene rings is 1. The molecule has 0 spiro atoms. The normalized spacial score (nSPS) is 16.1. The first-order valence-corrected chi connectivity index (χ1v) is 10.4. The lowest BCUT2D eigenvalue weighted by molar-refractivity contribution is -0.131. The lowest BCUT2D eigenvalue weighted by Gasteiger charge is -2.38. The van der Waals surface area contributed by atoms with E-state index in [1.165, 1.54) is 31.2 Å². The summed E-state index contributed by atoms with van der Waals surface area (Å²) < 4.78 is 5.82. The number of hydrogen-bond donors (Lipinski definition) is 1. The minimum atomic E-state index is 0.152. The van der Waals surface area contributed by atoms with Gasteiger partial charge in [0.05, 0.1) is 12.5 Å². The molecule has 4 heteroatoms. The lowest BCUT2D eigenvalue weighted by Crippen LogP contribution is -2.54. The highest BCUT2D eigenvalue weighted by Gasteiger charge is 2.32. The molecule has 0 radical (unpaired) electrons. The number of ether oxygens (including phenoxy) is 1. The molecule has 2 rings (SSSR count). The van der Waals surface area contributed by atoms with Gasteiger partial charge in [-0.1, -0.05) is 51.7 Å². The summed E-state index contributed by atoms with van der Waals surface area (Å²) in [5.41, 5.74) is 1.28. The van der Waals surface area contributed by atoms with Gasteiger partial charge in [0.1, 0.15) is 5.75 Å². The molecule has 1 atom stereocenters. The van der Waals surface area contributed by atoms with Crippen molar-refractivity contribution in [2.24, 2.45) is 5.92 Å². The zero-order valence-electron chi connectivity index (χ0n) is 16.8. The SMILES string of the molecule is CCCCCCCOc1ccc(CN2CC(C(=O)N[C@H](C)CC)C2)cc1.